The molecule has 0 radical (unpaired) electrons. The van der Waals surface area contributed by atoms with Crippen LogP contribution in [0.15, 0.2) is 27.8 Å². The van der Waals surface area contributed by atoms with Gasteiger partial charge in [0.25, 0.3) is 0 Å². The zero-order chi connectivity index (χ0) is 10.3. The highest BCUT2D eigenvalue weighted by molar-refractivity contribution is 5.77. The van der Waals surface area contributed by atoms with Crippen LogP contribution in [0.25, 0.3) is 11.0 Å². The Balaban J connectivity index is 3.14. The first-order valence-electron chi connectivity index (χ1n) is 4.30. The van der Waals surface area contributed by atoms with Gasteiger partial charge in [0.05, 0.1) is 11.0 Å². The molecule has 0 atom stereocenters. The van der Waals surface area contributed by atoms with Gasteiger partial charge in [0, 0.05) is 7.05 Å². The minimum absolute atomic E-state index is 0.525. The van der Waals surface area contributed by atoms with Crippen LogP contribution in [0.1, 0.15) is 5.56 Å². The largest absolute Gasteiger partial charge is 0.316 e. The molecule has 0 amide bonds. The summed E-state index contributed by atoms with van der Waals surface area (Å²) in [5.74, 6) is 0. The quantitative estimate of drug-likeness (QED) is 0.616. The van der Waals surface area contributed by atoms with Gasteiger partial charge < -0.3 is 9.55 Å². The SMILES string of the molecule is Cc1cccc2c1[nH]c(=O)c(=O)n2C. The van der Waals surface area contributed by atoms with Gasteiger partial charge in [-0.2, -0.15) is 0 Å². The van der Waals surface area contributed by atoms with Gasteiger partial charge in [-0.3, -0.25) is 9.59 Å². The number of nitrogens with zero attached hydrogens (tertiary/aromatic N) is 1. The summed E-state index contributed by atoms with van der Waals surface area (Å²) in [5, 5.41) is 0. The lowest BCUT2D eigenvalue weighted by Gasteiger charge is -2.05. The summed E-state index contributed by atoms with van der Waals surface area (Å²) in [5.41, 5.74) is 1.32. The molecule has 0 fully saturated rings. The van der Waals surface area contributed by atoms with E-state index in [4.69, 9.17) is 0 Å². The molecule has 0 aliphatic heterocycles. The molecule has 1 aromatic heterocycles. The highest BCUT2D eigenvalue weighted by atomic mass is 16.2. The van der Waals surface area contributed by atoms with Crippen molar-refractivity contribution in [2.45, 2.75) is 6.92 Å². The molecule has 0 aliphatic carbocycles. The lowest BCUT2D eigenvalue weighted by molar-refractivity contribution is 0.873. The minimum atomic E-state index is -0.575. The van der Waals surface area contributed by atoms with Crippen molar-refractivity contribution in [1.29, 1.82) is 0 Å². The topological polar surface area (TPSA) is 54.9 Å². The van der Waals surface area contributed by atoms with Crippen LogP contribution < -0.4 is 11.1 Å². The first-order valence-corrected chi connectivity index (χ1v) is 4.30. The third kappa shape index (κ3) is 1.08. The van der Waals surface area contributed by atoms with Crippen molar-refractivity contribution in [1.82, 2.24) is 9.55 Å². The van der Waals surface area contributed by atoms with Gasteiger partial charge in [0.15, 0.2) is 0 Å². The minimum Gasteiger partial charge on any atom is -0.316 e. The zero-order valence-electron chi connectivity index (χ0n) is 8.00. The number of rotatable bonds is 0. The van der Waals surface area contributed by atoms with Gasteiger partial charge in [-0.1, -0.05) is 12.1 Å². The van der Waals surface area contributed by atoms with E-state index in [1.165, 1.54) is 4.57 Å². The molecule has 2 aromatic rings. The van der Waals surface area contributed by atoms with E-state index in [1.807, 2.05) is 19.1 Å². The van der Waals surface area contributed by atoms with E-state index in [0.717, 1.165) is 16.6 Å². The Kier molecular flexibility index (Phi) is 1.77. The second kappa shape index (κ2) is 2.83. The molecular weight excluding hydrogens is 180 g/mol. The van der Waals surface area contributed by atoms with Crippen LogP contribution in [0.2, 0.25) is 0 Å². The molecule has 0 bridgehead atoms. The molecule has 14 heavy (non-hydrogen) atoms. The van der Waals surface area contributed by atoms with Crippen molar-refractivity contribution in [2.75, 3.05) is 0 Å². The second-order valence-electron chi connectivity index (χ2n) is 3.29. The van der Waals surface area contributed by atoms with Gasteiger partial charge in [-0.25, -0.2) is 0 Å². The van der Waals surface area contributed by atoms with Crippen LogP contribution in [0, 0.1) is 6.92 Å². The normalized spacial score (nSPS) is 10.7. The first kappa shape index (κ1) is 8.74. The Hall–Kier alpha value is -1.84. The number of nitrogens with one attached hydrogen (secondary N) is 1. The number of aromatic amines is 1. The molecule has 0 unspecified atom stereocenters. The fraction of sp³-hybridized carbons (Fsp3) is 0.200. The van der Waals surface area contributed by atoms with Gasteiger partial charge in [0.1, 0.15) is 0 Å². The van der Waals surface area contributed by atoms with Crippen molar-refractivity contribution in [3.8, 4) is 0 Å². The average molecular weight is 190 g/mol. The summed E-state index contributed by atoms with van der Waals surface area (Å²) in [6.45, 7) is 1.89. The number of fused-ring (bicyclic) bond motifs is 1. The monoisotopic (exact) mass is 190 g/mol. The van der Waals surface area contributed by atoms with Crippen molar-refractivity contribution in [3.63, 3.8) is 0 Å². The number of H-pyrrole nitrogens is 1. The molecule has 0 aliphatic rings. The van der Waals surface area contributed by atoms with E-state index in [9.17, 15) is 9.59 Å². The van der Waals surface area contributed by atoms with Crippen LogP contribution in [0.5, 0.6) is 0 Å². The van der Waals surface area contributed by atoms with Crippen molar-refractivity contribution < 1.29 is 0 Å². The van der Waals surface area contributed by atoms with Crippen LogP contribution >= 0.6 is 0 Å². The van der Waals surface area contributed by atoms with Crippen LogP contribution in [0.3, 0.4) is 0 Å². The first-order chi connectivity index (χ1) is 6.61. The summed E-state index contributed by atoms with van der Waals surface area (Å²) < 4.78 is 1.36. The second-order valence-corrected chi connectivity index (χ2v) is 3.29. The molecule has 0 saturated heterocycles. The number of hydrogen-bond acceptors (Lipinski definition) is 2. The summed E-state index contributed by atoms with van der Waals surface area (Å²) in [7, 11) is 1.60. The number of aromatic nitrogens is 2. The molecular formula is C10H10N2O2. The predicted molar refractivity (Wildman–Crippen MR) is 54.5 cm³/mol. The standard InChI is InChI=1S/C10H10N2O2/c1-6-4-3-5-7-8(6)11-9(13)10(14)12(7)2/h3-5H,1-2H3,(H,11,13). The Morgan fingerprint density at radius 3 is 2.71 bits per heavy atom. The third-order valence-electron chi connectivity index (χ3n) is 2.35. The Morgan fingerprint density at radius 1 is 1.29 bits per heavy atom. The molecule has 4 heteroatoms. The van der Waals surface area contributed by atoms with E-state index in [-0.39, 0.29) is 0 Å². The Labute approximate surface area is 79.8 Å². The smallest absolute Gasteiger partial charge is 0.316 e. The van der Waals surface area contributed by atoms with Gasteiger partial charge in [-0.05, 0) is 18.6 Å². The Morgan fingerprint density at radius 2 is 2.00 bits per heavy atom. The molecule has 1 N–H and O–H groups in total. The number of aryl methyl sites for hydroxylation is 2. The lowest BCUT2D eigenvalue weighted by atomic mass is 10.2. The van der Waals surface area contributed by atoms with Crippen molar-refractivity contribution in [2.24, 2.45) is 7.05 Å². The number of para-hydroxylation sites is 1. The van der Waals surface area contributed by atoms with Gasteiger partial charge >= 0.3 is 11.1 Å². The molecule has 4 nitrogen and oxygen atoms in total. The van der Waals surface area contributed by atoms with E-state index in [1.54, 1.807) is 13.1 Å². The third-order valence-corrected chi connectivity index (χ3v) is 2.35. The average Bonchev–Trinajstić information content (AvgIpc) is 2.17. The highest BCUT2D eigenvalue weighted by Gasteiger charge is 2.04. The molecule has 72 valence electrons. The van der Waals surface area contributed by atoms with Crippen LogP contribution in [-0.2, 0) is 7.05 Å². The fourth-order valence-electron chi connectivity index (χ4n) is 1.52. The molecule has 2 rings (SSSR count). The molecule has 0 spiro atoms. The van der Waals surface area contributed by atoms with E-state index in [2.05, 4.69) is 4.98 Å². The molecule has 1 aromatic carbocycles. The highest BCUT2D eigenvalue weighted by Crippen LogP contribution is 2.11. The van der Waals surface area contributed by atoms with E-state index >= 15 is 0 Å². The van der Waals surface area contributed by atoms with Crippen molar-refractivity contribution >= 4 is 11.0 Å². The Bertz CT molecular complexity index is 608. The van der Waals surface area contributed by atoms with Gasteiger partial charge in [0.2, 0.25) is 0 Å². The van der Waals surface area contributed by atoms with Crippen LogP contribution in [-0.4, -0.2) is 9.55 Å². The fourth-order valence-corrected chi connectivity index (χ4v) is 1.52. The molecule has 1 heterocycles. The number of benzene rings is 1. The number of hydrogen-bond donors (Lipinski definition) is 1. The summed E-state index contributed by atoms with van der Waals surface area (Å²) in [6.07, 6.45) is 0. The summed E-state index contributed by atoms with van der Waals surface area (Å²) in [6, 6.07) is 5.55. The lowest BCUT2D eigenvalue weighted by Crippen LogP contribution is -2.34. The predicted octanol–water partition coefficient (Wildman–Crippen LogP) is 0.535. The zero-order valence-corrected chi connectivity index (χ0v) is 8.00. The maximum Gasteiger partial charge on any atom is 0.316 e. The molecule has 0 saturated carbocycles. The van der Waals surface area contributed by atoms with Crippen molar-refractivity contribution in [3.05, 3.63) is 44.5 Å². The maximum atomic E-state index is 11.3. The van der Waals surface area contributed by atoms with E-state index in [0.29, 0.717) is 0 Å². The summed E-state index contributed by atoms with van der Waals surface area (Å²) in [4.78, 5) is 25.1. The van der Waals surface area contributed by atoms with E-state index < -0.39 is 11.1 Å². The van der Waals surface area contributed by atoms with Crippen LogP contribution in [0.4, 0.5) is 0 Å². The summed E-state index contributed by atoms with van der Waals surface area (Å²) >= 11 is 0. The van der Waals surface area contributed by atoms with Gasteiger partial charge in [-0.15, -0.1) is 0 Å². The maximum absolute atomic E-state index is 11.3.